The predicted octanol–water partition coefficient (Wildman–Crippen LogP) is 1.62. The molecule has 0 aliphatic carbocycles. The van der Waals surface area contributed by atoms with E-state index in [1.165, 1.54) is 12.8 Å². The van der Waals surface area contributed by atoms with Crippen LogP contribution in [0.2, 0.25) is 0 Å². The van der Waals surface area contributed by atoms with E-state index in [2.05, 4.69) is 20.4 Å². The first-order valence-corrected chi connectivity index (χ1v) is 12.6. The van der Waals surface area contributed by atoms with E-state index in [1.807, 2.05) is 0 Å². The van der Waals surface area contributed by atoms with E-state index in [4.69, 9.17) is 4.74 Å². The molecule has 1 aromatic rings. The molecule has 0 radical (unpaired) electrons. The largest absolute Gasteiger partial charge is 0.379 e. The molecular weight excluding hydrogens is 434 g/mol. The van der Waals surface area contributed by atoms with Crippen molar-refractivity contribution in [1.82, 2.24) is 14.7 Å². The van der Waals surface area contributed by atoms with E-state index >= 15 is 0 Å². The third-order valence-electron chi connectivity index (χ3n) is 6.88. The summed E-state index contributed by atoms with van der Waals surface area (Å²) < 4.78 is 5.36. The fourth-order valence-electron chi connectivity index (χ4n) is 4.83. The minimum Gasteiger partial charge on any atom is -0.379 e. The van der Waals surface area contributed by atoms with E-state index in [-0.39, 0.29) is 30.1 Å². The third kappa shape index (κ3) is 7.25. The highest BCUT2D eigenvalue weighted by molar-refractivity contribution is 5.97. The van der Waals surface area contributed by atoms with E-state index in [0.29, 0.717) is 31.0 Å². The van der Waals surface area contributed by atoms with Crippen molar-refractivity contribution < 1.29 is 19.1 Å². The normalized spacial score (nSPS) is 22.4. The maximum absolute atomic E-state index is 12.7. The van der Waals surface area contributed by atoms with Crippen molar-refractivity contribution in [3.63, 3.8) is 0 Å². The number of nitrogens with one attached hydrogen (secondary N) is 2. The Morgan fingerprint density at radius 2 is 1.50 bits per heavy atom. The summed E-state index contributed by atoms with van der Waals surface area (Å²) in [6, 6.07) is 7.16. The first kappa shape index (κ1) is 24.6. The number of carbonyl (C=O) groups excluding carboxylic acids is 3. The van der Waals surface area contributed by atoms with Gasteiger partial charge in [-0.1, -0.05) is 12.8 Å². The fraction of sp³-hybridized carbons (Fsp3) is 0.640. The van der Waals surface area contributed by atoms with Crippen LogP contribution in [0.3, 0.4) is 0 Å². The lowest BCUT2D eigenvalue weighted by Gasteiger charge is -2.28. The lowest BCUT2D eigenvalue weighted by molar-refractivity contribution is -0.128. The van der Waals surface area contributed by atoms with Crippen LogP contribution in [0, 0.1) is 5.92 Å². The second-order valence-electron chi connectivity index (χ2n) is 9.50. The highest BCUT2D eigenvalue weighted by atomic mass is 16.5. The number of anilines is 2. The number of rotatable bonds is 8. The van der Waals surface area contributed by atoms with Crippen molar-refractivity contribution in [1.29, 1.82) is 0 Å². The van der Waals surface area contributed by atoms with Crippen LogP contribution in [0.25, 0.3) is 0 Å². The summed E-state index contributed by atoms with van der Waals surface area (Å²) >= 11 is 0. The molecule has 3 amide bonds. The molecule has 1 atom stereocenters. The Labute approximate surface area is 201 Å². The number of ether oxygens (including phenoxy) is 1. The van der Waals surface area contributed by atoms with E-state index in [0.717, 1.165) is 58.8 Å². The van der Waals surface area contributed by atoms with Gasteiger partial charge in [-0.05, 0) is 50.2 Å². The third-order valence-corrected chi connectivity index (χ3v) is 6.88. The Kier molecular flexibility index (Phi) is 8.90. The van der Waals surface area contributed by atoms with Gasteiger partial charge in [-0.3, -0.25) is 24.2 Å². The zero-order valence-corrected chi connectivity index (χ0v) is 20.0. The predicted molar refractivity (Wildman–Crippen MR) is 131 cm³/mol. The van der Waals surface area contributed by atoms with Gasteiger partial charge in [0.15, 0.2) is 0 Å². The maximum atomic E-state index is 12.7. The highest BCUT2D eigenvalue weighted by Gasteiger charge is 2.34. The molecule has 9 heteroatoms. The number of nitrogens with zero attached hydrogens (tertiary/aromatic N) is 3. The highest BCUT2D eigenvalue weighted by Crippen LogP contribution is 2.21. The van der Waals surface area contributed by atoms with Crippen molar-refractivity contribution in [2.45, 2.75) is 32.1 Å². The van der Waals surface area contributed by atoms with Crippen LogP contribution in [0.4, 0.5) is 11.4 Å². The lowest BCUT2D eigenvalue weighted by atomic mass is 10.1. The van der Waals surface area contributed by atoms with Crippen LogP contribution in [0.5, 0.6) is 0 Å². The van der Waals surface area contributed by atoms with Crippen molar-refractivity contribution >= 4 is 29.1 Å². The first-order valence-electron chi connectivity index (χ1n) is 12.6. The minimum atomic E-state index is -0.342. The number of benzene rings is 1. The quantitative estimate of drug-likeness (QED) is 0.599. The average molecular weight is 472 g/mol. The number of likely N-dealkylation sites (tertiary alicyclic amines) is 2. The summed E-state index contributed by atoms with van der Waals surface area (Å²) in [4.78, 5) is 43.8. The summed E-state index contributed by atoms with van der Waals surface area (Å²) in [6.07, 6.45) is 5.04. The molecule has 9 nitrogen and oxygen atoms in total. The van der Waals surface area contributed by atoms with Gasteiger partial charge in [0.25, 0.3) is 0 Å². The Hall–Kier alpha value is -2.49. The van der Waals surface area contributed by atoms with Gasteiger partial charge in [0.1, 0.15) is 0 Å². The molecule has 34 heavy (non-hydrogen) atoms. The molecule has 3 heterocycles. The summed E-state index contributed by atoms with van der Waals surface area (Å²) in [6.45, 7) is 7.54. The van der Waals surface area contributed by atoms with Crippen LogP contribution in [0.1, 0.15) is 32.1 Å². The lowest BCUT2D eigenvalue weighted by Crippen LogP contribution is -2.42. The molecule has 2 N–H and O–H groups in total. The molecule has 1 aromatic carbocycles. The molecule has 4 rings (SSSR count). The van der Waals surface area contributed by atoms with Crippen molar-refractivity contribution in [2.75, 3.05) is 76.2 Å². The van der Waals surface area contributed by atoms with E-state index < -0.39 is 0 Å². The van der Waals surface area contributed by atoms with Crippen LogP contribution < -0.4 is 10.6 Å². The first-order chi connectivity index (χ1) is 16.6. The van der Waals surface area contributed by atoms with E-state index in [9.17, 15) is 14.4 Å². The maximum Gasteiger partial charge on any atom is 0.238 e. The van der Waals surface area contributed by atoms with Crippen molar-refractivity contribution in [2.24, 2.45) is 5.92 Å². The minimum absolute atomic E-state index is 0.0136. The van der Waals surface area contributed by atoms with Crippen LogP contribution in [-0.2, 0) is 19.1 Å². The molecule has 3 saturated heterocycles. The number of hydrogen-bond donors (Lipinski definition) is 2. The molecule has 0 saturated carbocycles. The zero-order chi connectivity index (χ0) is 23.8. The van der Waals surface area contributed by atoms with Gasteiger partial charge >= 0.3 is 0 Å². The Morgan fingerprint density at radius 3 is 2.18 bits per heavy atom. The SMILES string of the molecule is O=C(CN1CCCCCC1)Nc1ccc(NC(=O)C2CC(=O)N(CCN3CCOCC3)C2)cc1. The van der Waals surface area contributed by atoms with Gasteiger partial charge in [-0.15, -0.1) is 0 Å². The van der Waals surface area contributed by atoms with Gasteiger partial charge in [0, 0.05) is 50.5 Å². The molecular formula is C25H37N5O4. The van der Waals surface area contributed by atoms with Gasteiger partial charge in [0.2, 0.25) is 17.7 Å². The summed E-state index contributed by atoms with van der Waals surface area (Å²) in [5.41, 5.74) is 1.37. The smallest absolute Gasteiger partial charge is 0.238 e. The summed E-state index contributed by atoms with van der Waals surface area (Å²) in [5, 5.41) is 5.86. The second-order valence-corrected chi connectivity index (χ2v) is 9.50. The molecule has 3 fully saturated rings. The second kappa shape index (κ2) is 12.3. The van der Waals surface area contributed by atoms with Gasteiger partial charge in [-0.2, -0.15) is 0 Å². The Bertz CT molecular complexity index is 832. The van der Waals surface area contributed by atoms with Gasteiger partial charge in [-0.25, -0.2) is 0 Å². The zero-order valence-electron chi connectivity index (χ0n) is 20.0. The van der Waals surface area contributed by atoms with Crippen LogP contribution >= 0.6 is 0 Å². The van der Waals surface area contributed by atoms with Crippen LogP contribution in [0.15, 0.2) is 24.3 Å². The number of morpholine rings is 1. The summed E-state index contributed by atoms with van der Waals surface area (Å²) in [7, 11) is 0. The average Bonchev–Trinajstić information content (AvgIpc) is 3.03. The molecule has 0 aromatic heterocycles. The standard InChI is InChI=1S/C25H37N5O4/c31-23(19-29-9-3-1-2-4-10-29)26-21-5-7-22(8-6-21)27-25(33)20-17-24(32)30(18-20)12-11-28-13-15-34-16-14-28/h5-8,20H,1-4,9-19H2,(H,26,31)(H,27,33). The molecule has 3 aliphatic rings. The van der Waals surface area contributed by atoms with Crippen molar-refractivity contribution in [3.8, 4) is 0 Å². The number of hydrogen-bond acceptors (Lipinski definition) is 6. The summed E-state index contributed by atoms with van der Waals surface area (Å²) in [5.74, 6) is -0.457. The Morgan fingerprint density at radius 1 is 0.853 bits per heavy atom. The topological polar surface area (TPSA) is 94.2 Å². The number of amides is 3. The fourth-order valence-corrected chi connectivity index (χ4v) is 4.83. The molecule has 3 aliphatic heterocycles. The van der Waals surface area contributed by atoms with Crippen LogP contribution in [-0.4, -0.2) is 98.0 Å². The molecule has 186 valence electrons. The molecule has 0 spiro atoms. The van der Waals surface area contributed by atoms with Crippen molar-refractivity contribution in [3.05, 3.63) is 24.3 Å². The van der Waals surface area contributed by atoms with E-state index in [1.54, 1.807) is 29.2 Å². The molecule has 0 bridgehead atoms. The Balaban J connectivity index is 1.20. The van der Waals surface area contributed by atoms with Gasteiger partial charge in [0.05, 0.1) is 25.7 Å². The monoisotopic (exact) mass is 471 g/mol. The molecule has 1 unspecified atom stereocenters. The number of carbonyl (C=O) groups is 3. The van der Waals surface area contributed by atoms with Gasteiger partial charge < -0.3 is 20.3 Å².